The highest BCUT2D eigenvalue weighted by Gasteiger charge is 2.52. The van der Waals surface area contributed by atoms with E-state index < -0.39 is 12.0 Å². The van der Waals surface area contributed by atoms with E-state index in [1.807, 2.05) is 42.2 Å². The fourth-order valence-corrected chi connectivity index (χ4v) is 4.30. The molecule has 0 radical (unpaired) electrons. The Hall–Kier alpha value is -3.62. The van der Waals surface area contributed by atoms with Gasteiger partial charge in [0.25, 0.3) is 0 Å². The van der Waals surface area contributed by atoms with Gasteiger partial charge in [0, 0.05) is 25.0 Å². The van der Waals surface area contributed by atoms with E-state index in [1.54, 1.807) is 19.2 Å². The number of pyridine rings is 1. The Morgan fingerprint density at radius 3 is 2.50 bits per heavy atom. The van der Waals surface area contributed by atoms with Crippen LogP contribution in [0.25, 0.3) is 0 Å². The van der Waals surface area contributed by atoms with Crippen LogP contribution in [0.5, 0.6) is 5.88 Å². The van der Waals surface area contributed by atoms with Gasteiger partial charge in [-0.25, -0.2) is 15.0 Å². The highest BCUT2D eigenvalue weighted by molar-refractivity contribution is 6.02. The van der Waals surface area contributed by atoms with Crippen LogP contribution in [0.15, 0.2) is 48.7 Å². The van der Waals surface area contributed by atoms with E-state index in [0.29, 0.717) is 24.6 Å². The standard InChI is InChI=1S/C25H27F2N5O2/c1-15(2)18-7-5-6-8-19(18)25(13-32(14-25)21-11-12-28-17(4)30-21)23(33)31-20-10-9-16(3)29-22(20)34-24(26)27/h5-12,15,24H,13-14H2,1-4H3,(H,31,33). The summed E-state index contributed by atoms with van der Waals surface area (Å²) in [4.78, 5) is 28.5. The molecule has 3 aromatic rings. The van der Waals surface area contributed by atoms with E-state index in [2.05, 4.69) is 38.9 Å². The van der Waals surface area contributed by atoms with Crippen molar-refractivity contribution < 1.29 is 18.3 Å². The van der Waals surface area contributed by atoms with Gasteiger partial charge in [-0.15, -0.1) is 0 Å². The zero-order chi connectivity index (χ0) is 24.5. The lowest BCUT2D eigenvalue weighted by atomic mass is 9.69. The zero-order valence-electron chi connectivity index (χ0n) is 19.5. The summed E-state index contributed by atoms with van der Waals surface area (Å²) < 4.78 is 30.5. The lowest BCUT2D eigenvalue weighted by molar-refractivity contribution is -0.122. The number of halogens is 2. The van der Waals surface area contributed by atoms with Gasteiger partial charge in [-0.3, -0.25) is 4.79 Å². The number of hydrogen-bond acceptors (Lipinski definition) is 6. The molecule has 2 aromatic heterocycles. The number of aromatic nitrogens is 3. The minimum Gasteiger partial charge on any atom is -0.415 e. The Balaban J connectivity index is 1.71. The summed E-state index contributed by atoms with van der Waals surface area (Å²) in [5.74, 6) is 0.943. The quantitative estimate of drug-likeness (QED) is 0.547. The summed E-state index contributed by atoms with van der Waals surface area (Å²) in [5, 5.41) is 2.81. The number of nitrogens with zero attached hydrogens (tertiary/aromatic N) is 4. The van der Waals surface area contributed by atoms with Crippen LogP contribution in [0, 0.1) is 13.8 Å². The molecule has 0 spiro atoms. The molecule has 1 amide bonds. The van der Waals surface area contributed by atoms with Gasteiger partial charge >= 0.3 is 6.61 Å². The number of nitrogens with one attached hydrogen (secondary N) is 1. The number of benzene rings is 1. The number of amides is 1. The normalized spacial score (nSPS) is 14.8. The number of hydrogen-bond donors (Lipinski definition) is 1. The van der Waals surface area contributed by atoms with Crippen molar-refractivity contribution in [1.29, 1.82) is 0 Å². The minimum absolute atomic E-state index is 0.105. The Kier molecular flexibility index (Phi) is 6.45. The Labute approximate surface area is 197 Å². The summed E-state index contributed by atoms with van der Waals surface area (Å²) in [7, 11) is 0. The molecule has 1 aromatic carbocycles. The number of ether oxygens (including phenoxy) is 1. The van der Waals surface area contributed by atoms with Crippen molar-refractivity contribution in [2.75, 3.05) is 23.3 Å². The van der Waals surface area contributed by atoms with Crippen LogP contribution >= 0.6 is 0 Å². The van der Waals surface area contributed by atoms with Crippen LogP contribution in [0.1, 0.15) is 42.4 Å². The average Bonchev–Trinajstić information content (AvgIpc) is 2.75. The Morgan fingerprint density at radius 2 is 1.82 bits per heavy atom. The number of rotatable bonds is 7. The number of carbonyl (C=O) groups excluding carboxylic acids is 1. The van der Waals surface area contributed by atoms with Gasteiger partial charge in [0.15, 0.2) is 0 Å². The lowest BCUT2D eigenvalue weighted by Gasteiger charge is -2.50. The molecule has 1 aliphatic rings. The molecule has 0 bridgehead atoms. The molecule has 0 aliphatic carbocycles. The third-order valence-electron chi connectivity index (χ3n) is 5.99. The van der Waals surface area contributed by atoms with Gasteiger partial charge < -0.3 is 15.0 Å². The van der Waals surface area contributed by atoms with Crippen LogP contribution in [-0.2, 0) is 10.2 Å². The summed E-state index contributed by atoms with van der Waals surface area (Å²) >= 11 is 0. The van der Waals surface area contributed by atoms with E-state index in [1.165, 1.54) is 6.07 Å². The summed E-state index contributed by atoms with van der Waals surface area (Å²) in [6.45, 7) is 5.33. The van der Waals surface area contributed by atoms with E-state index in [0.717, 1.165) is 16.9 Å². The van der Waals surface area contributed by atoms with E-state index in [-0.39, 0.29) is 23.4 Å². The molecule has 34 heavy (non-hydrogen) atoms. The topological polar surface area (TPSA) is 80.2 Å². The maximum atomic E-state index is 13.8. The molecule has 7 nitrogen and oxygen atoms in total. The van der Waals surface area contributed by atoms with Crippen LogP contribution in [0.3, 0.4) is 0 Å². The molecule has 0 saturated carbocycles. The van der Waals surface area contributed by atoms with Crippen molar-refractivity contribution in [2.24, 2.45) is 0 Å². The van der Waals surface area contributed by atoms with Crippen LogP contribution in [0.4, 0.5) is 20.3 Å². The zero-order valence-corrected chi connectivity index (χ0v) is 19.5. The number of anilines is 2. The van der Waals surface area contributed by atoms with Crippen LogP contribution in [-0.4, -0.2) is 40.6 Å². The van der Waals surface area contributed by atoms with E-state index in [9.17, 15) is 13.6 Å². The van der Waals surface area contributed by atoms with Crippen molar-refractivity contribution in [3.05, 3.63) is 71.3 Å². The van der Waals surface area contributed by atoms with Gasteiger partial charge in [0.05, 0.1) is 0 Å². The molecule has 0 unspecified atom stereocenters. The summed E-state index contributed by atoms with van der Waals surface area (Å²) in [6, 6.07) is 12.8. The predicted molar refractivity (Wildman–Crippen MR) is 125 cm³/mol. The first-order valence-corrected chi connectivity index (χ1v) is 11.1. The molecular formula is C25H27F2N5O2. The summed E-state index contributed by atoms with van der Waals surface area (Å²) in [6.07, 6.45) is 1.69. The van der Waals surface area contributed by atoms with Crippen LogP contribution in [0.2, 0.25) is 0 Å². The Morgan fingerprint density at radius 1 is 1.09 bits per heavy atom. The first kappa shape index (κ1) is 23.5. The van der Waals surface area contributed by atoms with Crippen molar-refractivity contribution >= 4 is 17.4 Å². The van der Waals surface area contributed by atoms with Gasteiger partial charge in [-0.2, -0.15) is 8.78 Å². The SMILES string of the molecule is Cc1ccc(NC(=O)C2(c3ccccc3C(C)C)CN(c3ccnc(C)n3)C2)c(OC(F)F)n1. The van der Waals surface area contributed by atoms with Gasteiger partial charge in [-0.1, -0.05) is 38.1 Å². The number of aryl methyl sites for hydroxylation is 2. The van der Waals surface area contributed by atoms with Crippen molar-refractivity contribution in [3.8, 4) is 5.88 Å². The second-order valence-corrected chi connectivity index (χ2v) is 8.78. The molecular weight excluding hydrogens is 440 g/mol. The first-order chi connectivity index (χ1) is 16.2. The summed E-state index contributed by atoms with van der Waals surface area (Å²) in [5.41, 5.74) is 1.66. The Bertz CT molecular complexity index is 1200. The van der Waals surface area contributed by atoms with Gasteiger partial charge in [-0.05, 0) is 49.1 Å². The molecule has 1 aliphatic heterocycles. The van der Waals surface area contributed by atoms with Gasteiger partial charge in [0.1, 0.15) is 22.7 Å². The van der Waals surface area contributed by atoms with Gasteiger partial charge in [0.2, 0.25) is 11.8 Å². The maximum absolute atomic E-state index is 13.8. The smallest absolute Gasteiger partial charge is 0.388 e. The number of carbonyl (C=O) groups is 1. The molecule has 4 rings (SSSR count). The molecule has 0 atom stereocenters. The van der Waals surface area contributed by atoms with Crippen LogP contribution < -0.4 is 15.0 Å². The monoisotopic (exact) mass is 467 g/mol. The van der Waals surface area contributed by atoms with E-state index >= 15 is 0 Å². The molecule has 178 valence electrons. The lowest BCUT2D eigenvalue weighted by Crippen LogP contribution is -2.65. The second kappa shape index (κ2) is 9.32. The number of alkyl halides is 2. The third-order valence-corrected chi connectivity index (χ3v) is 5.99. The molecule has 9 heteroatoms. The molecule has 1 fully saturated rings. The maximum Gasteiger partial charge on any atom is 0.388 e. The fourth-order valence-electron chi connectivity index (χ4n) is 4.30. The third kappa shape index (κ3) is 4.55. The van der Waals surface area contributed by atoms with Crippen molar-refractivity contribution in [3.63, 3.8) is 0 Å². The molecule has 1 saturated heterocycles. The minimum atomic E-state index is -3.05. The van der Waals surface area contributed by atoms with E-state index in [4.69, 9.17) is 0 Å². The highest BCUT2D eigenvalue weighted by Crippen LogP contribution is 2.42. The molecule has 3 heterocycles. The first-order valence-electron chi connectivity index (χ1n) is 11.1. The predicted octanol–water partition coefficient (Wildman–Crippen LogP) is 4.61. The van der Waals surface area contributed by atoms with Crippen molar-refractivity contribution in [2.45, 2.75) is 45.6 Å². The fraction of sp³-hybridized carbons (Fsp3) is 0.360. The second-order valence-electron chi connectivity index (χ2n) is 8.78. The van der Waals surface area contributed by atoms with Crippen molar-refractivity contribution in [1.82, 2.24) is 15.0 Å². The average molecular weight is 468 g/mol. The molecule has 1 N–H and O–H groups in total. The largest absolute Gasteiger partial charge is 0.415 e. The highest BCUT2D eigenvalue weighted by atomic mass is 19.3.